The van der Waals surface area contributed by atoms with Crippen LogP contribution in [0.1, 0.15) is 35.2 Å². The van der Waals surface area contributed by atoms with Gasteiger partial charge < -0.3 is 10.4 Å². The number of benzene rings is 1. The van der Waals surface area contributed by atoms with Crippen molar-refractivity contribution in [1.82, 2.24) is 5.32 Å². The minimum absolute atomic E-state index is 0.205. The van der Waals surface area contributed by atoms with Gasteiger partial charge in [0.15, 0.2) is 0 Å². The molecule has 2 N–H and O–H groups in total. The van der Waals surface area contributed by atoms with E-state index in [1.165, 1.54) is 12.1 Å². The first kappa shape index (κ1) is 14.8. The van der Waals surface area contributed by atoms with Crippen molar-refractivity contribution < 1.29 is 23.1 Å². The largest absolute Gasteiger partial charge is 0.416 e. The van der Waals surface area contributed by atoms with E-state index in [0.717, 1.165) is 25.0 Å². The van der Waals surface area contributed by atoms with Crippen molar-refractivity contribution in [2.24, 2.45) is 5.92 Å². The minimum atomic E-state index is -4.39. The van der Waals surface area contributed by atoms with E-state index in [1.54, 1.807) is 0 Å². The summed E-state index contributed by atoms with van der Waals surface area (Å²) in [6.07, 6.45) is -2.44. The zero-order valence-electron chi connectivity index (χ0n) is 10.8. The molecule has 2 rings (SSSR count). The van der Waals surface area contributed by atoms with Crippen LogP contribution in [-0.4, -0.2) is 23.7 Å². The van der Waals surface area contributed by atoms with Gasteiger partial charge in [-0.3, -0.25) is 4.79 Å². The summed E-state index contributed by atoms with van der Waals surface area (Å²) < 4.78 is 37.2. The number of carbonyl (C=O) groups excluding carboxylic acids is 1. The Morgan fingerprint density at radius 2 is 1.90 bits per heavy atom. The molecular weight excluding hydrogens is 271 g/mol. The topological polar surface area (TPSA) is 49.3 Å². The average molecular weight is 287 g/mol. The van der Waals surface area contributed by atoms with Crippen LogP contribution in [0.15, 0.2) is 24.3 Å². The predicted octanol–water partition coefficient (Wildman–Crippen LogP) is 2.60. The molecule has 3 nitrogen and oxygen atoms in total. The van der Waals surface area contributed by atoms with Crippen LogP contribution in [0.4, 0.5) is 13.2 Å². The van der Waals surface area contributed by atoms with Crippen LogP contribution in [0.3, 0.4) is 0 Å². The van der Waals surface area contributed by atoms with E-state index in [1.807, 2.05) is 0 Å². The number of alkyl halides is 3. The molecule has 110 valence electrons. The number of amides is 1. The molecule has 1 aliphatic rings. The van der Waals surface area contributed by atoms with Gasteiger partial charge in [-0.2, -0.15) is 13.2 Å². The Labute approximate surface area is 114 Å². The van der Waals surface area contributed by atoms with Crippen LogP contribution in [0.2, 0.25) is 0 Å². The molecule has 1 aliphatic carbocycles. The average Bonchev–Trinajstić information content (AvgIpc) is 2.81. The van der Waals surface area contributed by atoms with E-state index in [9.17, 15) is 23.1 Å². The van der Waals surface area contributed by atoms with Crippen LogP contribution in [0, 0.1) is 5.92 Å². The van der Waals surface area contributed by atoms with E-state index < -0.39 is 11.7 Å². The van der Waals surface area contributed by atoms with Crippen LogP contribution in [0.5, 0.6) is 0 Å². The lowest BCUT2D eigenvalue weighted by Crippen LogP contribution is -2.28. The second-order valence-corrected chi connectivity index (χ2v) is 5.12. The Hall–Kier alpha value is -1.56. The fourth-order valence-corrected chi connectivity index (χ4v) is 2.38. The highest BCUT2D eigenvalue weighted by Gasteiger charge is 2.30. The molecule has 1 fully saturated rings. The summed E-state index contributed by atoms with van der Waals surface area (Å²) in [7, 11) is 0. The van der Waals surface area contributed by atoms with Crippen molar-refractivity contribution in [3.8, 4) is 0 Å². The van der Waals surface area contributed by atoms with Crippen molar-refractivity contribution in [2.45, 2.75) is 31.5 Å². The number of nitrogens with one attached hydrogen (secondary N) is 1. The predicted molar refractivity (Wildman–Crippen MR) is 67.1 cm³/mol. The first-order chi connectivity index (χ1) is 9.36. The van der Waals surface area contributed by atoms with Gasteiger partial charge in [0.1, 0.15) is 0 Å². The molecule has 0 spiro atoms. The summed E-state index contributed by atoms with van der Waals surface area (Å²) in [4.78, 5) is 11.8. The highest BCUT2D eigenvalue weighted by atomic mass is 19.4. The van der Waals surface area contributed by atoms with E-state index in [-0.39, 0.29) is 23.5 Å². The van der Waals surface area contributed by atoms with Crippen molar-refractivity contribution in [1.29, 1.82) is 0 Å². The van der Waals surface area contributed by atoms with Crippen LogP contribution in [-0.2, 0) is 6.18 Å². The number of aliphatic hydroxyl groups is 1. The van der Waals surface area contributed by atoms with Gasteiger partial charge in [-0.1, -0.05) is 0 Å². The fraction of sp³-hybridized carbons (Fsp3) is 0.500. The van der Waals surface area contributed by atoms with Gasteiger partial charge in [0.25, 0.3) is 5.91 Å². The molecule has 2 atom stereocenters. The summed E-state index contributed by atoms with van der Waals surface area (Å²) in [6, 6.07) is 4.13. The van der Waals surface area contributed by atoms with Gasteiger partial charge in [-0.15, -0.1) is 0 Å². The Balaban J connectivity index is 1.89. The zero-order chi connectivity index (χ0) is 14.8. The fourth-order valence-electron chi connectivity index (χ4n) is 2.38. The molecule has 0 radical (unpaired) electrons. The number of halogens is 3. The lowest BCUT2D eigenvalue weighted by atomic mass is 10.1. The molecule has 1 aromatic rings. The summed E-state index contributed by atoms with van der Waals surface area (Å²) in [5.41, 5.74) is -0.565. The maximum atomic E-state index is 12.4. The Bertz CT molecular complexity index is 470. The van der Waals surface area contributed by atoms with Gasteiger partial charge in [0, 0.05) is 12.1 Å². The van der Waals surface area contributed by atoms with Gasteiger partial charge in [-0.05, 0) is 49.4 Å². The summed E-state index contributed by atoms with van der Waals surface area (Å²) >= 11 is 0. The lowest BCUT2D eigenvalue weighted by Gasteiger charge is -2.11. The third kappa shape index (κ3) is 3.72. The van der Waals surface area contributed by atoms with E-state index in [0.29, 0.717) is 13.0 Å². The quantitative estimate of drug-likeness (QED) is 0.897. The standard InChI is InChI=1S/C14H16F3NO2/c15-14(16,17)11-4-2-10(3-5-11)13(20)18-8-9-1-6-12(19)7-9/h2-5,9,12,19H,1,6-8H2,(H,18,20). The molecule has 0 aliphatic heterocycles. The number of aliphatic hydroxyl groups excluding tert-OH is 1. The number of carbonyl (C=O) groups is 1. The molecule has 2 unspecified atom stereocenters. The molecule has 0 heterocycles. The minimum Gasteiger partial charge on any atom is -0.393 e. The monoisotopic (exact) mass is 287 g/mol. The molecule has 0 bridgehead atoms. The summed E-state index contributed by atoms with van der Waals surface area (Å²) in [6.45, 7) is 0.441. The normalized spacial score (nSPS) is 22.8. The van der Waals surface area contributed by atoms with Crippen LogP contribution in [0.25, 0.3) is 0 Å². The molecule has 1 amide bonds. The molecule has 1 saturated carbocycles. The molecule has 0 saturated heterocycles. The van der Waals surface area contributed by atoms with Crippen molar-refractivity contribution in [3.63, 3.8) is 0 Å². The third-order valence-corrected chi connectivity index (χ3v) is 3.54. The Morgan fingerprint density at radius 1 is 1.25 bits per heavy atom. The highest BCUT2D eigenvalue weighted by molar-refractivity contribution is 5.94. The highest BCUT2D eigenvalue weighted by Crippen LogP contribution is 2.29. The van der Waals surface area contributed by atoms with Crippen LogP contribution >= 0.6 is 0 Å². The molecule has 0 aromatic heterocycles. The van der Waals surface area contributed by atoms with Gasteiger partial charge in [0.05, 0.1) is 11.7 Å². The van der Waals surface area contributed by atoms with E-state index in [2.05, 4.69) is 5.32 Å². The molecular formula is C14H16F3NO2. The van der Waals surface area contributed by atoms with Crippen molar-refractivity contribution in [3.05, 3.63) is 35.4 Å². The summed E-state index contributed by atoms with van der Waals surface area (Å²) in [5.74, 6) is -0.150. The maximum Gasteiger partial charge on any atom is 0.416 e. The summed E-state index contributed by atoms with van der Waals surface area (Å²) in [5, 5.41) is 12.1. The maximum absolute atomic E-state index is 12.4. The lowest BCUT2D eigenvalue weighted by molar-refractivity contribution is -0.137. The third-order valence-electron chi connectivity index (χ3n) is 3.54. The van der Waals surface area contributed by atoms with E-state index >= 15 is 0 Å². The SMILES string of the molecule is O=C(NCC1CCC(O)C1)c1ccc(C(F)(F)F)cc1. The number of hydrogen-bond acceptors (Lipinski definition) is 2. The molecule has 6 heteroatoms. The first-order valence-corrected chi connectivity index (χ1v) is 6.50. The molecule has 1 aromatic carbocycles. The van der Waals surface area contributed by atoms with E-state index in [4.69, 9.17) is 0 Å². The second-order valence-electron chi connectivity index (χ2n) is 5.12. The van der Waals surface area contributed by atoms with Gasteiger partial charge in [0.2, 0.25) is 0 Å². The number of rotatable bonds is 3. The van der Waals surface area contributed by atoms with Crippen LogP contribution < -0.4 is 5.32 Å². The number of hydrogen-bond donors (Lipinski definition) is 2. The smallest absolute Gasteiger partial charge is 0.393 e. The van der Waals surface area contributed by atoms with Crippen molar-refractivity contribution in [2.75, 3.05) is 6.54 Å². The Kier molecular flexibility index (Phi) is 4.32. The molecule has 20 heavy (non-hydrogen) atoms. The van der Waals surface area contributed by atoms with Crippen molar-refractivity contribution >= 4 is 5.91 Å². The van der Waals surface area contributed by atoms with Gasteiger partial charge >= 0.3 is 6.18 Å². The van der Waals surface area contributed by atoms with Gasteiger partial charge in [-0.25, -0.2) is 0 Å². The zero-order valence-corrected chi connectivity index (χ0v) is 10.8. The Morgan fingerprint density at radius 3 is 2.40 bits per heavy atom. The second kappa shape index (κ2) is 5.83. The first-order valence-electron chi connectivity index (χ1n) is 6.50.